The second-order valence-corrected chi connectivity index (χ2v) is 6.19. The first-order valence-corrected chi connectivity index (χ1v) is 7.44. The molecule has 1 fully saturated rings. The molecule has 1 rings (SSSR count). The van der Waals surface area contributed by atoms with Crippen LogP contribution in [-0.2, 0) is 14.9 Å². The van der Waals surface area contributed by atoms with Crippen molar-refractivity contribution >= 4 is 10.2 Å². The number of nitrogens with zero attached hydrogens (tertiary/aromatic N) is 1. The summed E-state index contributed by atoms with van der Waals surface area (Å²) in [5, 5.41) is 2.98. The molecule has 0 bridgehead atoms. The molecule has 7 heteroatoms. The highest BCUT2D eigenvalue weighted by molar-refractivity contribution is 7.87. The van der Waals surface area contributed by atoms with Crippen LogP contribution >= 0.6 is 0 Å². The van der Waals surface area contributed by atoms with Crippen LogP contribution in [0.3, 0.4) is 0 Å². The zero-order valence-electron chi connectivity index (χ0n) is 10.8. The zero-order chi connectivity index (χ0) is 12.9. The quantitative estimate of drug-likeness (QED) is 0.638. The van der Waals surface area contributed by atoms with Crippen LogP contribution < -0.4 is 10.0 Å². The summed E-state index contributed by atoms with van der Waals surface area (Å²) in [7, 11) is -1.51. The van der Waals surface area contributed by atoms with Crippen molar-refractivity contribution in [2.45, 2.75) is 32.5 Å². The van der Waals surface area contributed by atoms with Gasteiger partial charge in [-0.3, -0.25) is 0 Å². The number of hydrogen-bond donors (Lipinski definition) is 2. The Morgan fingerprint density at radius 3 is 2.35 bits per heavy atom. The third-order valence-electron chi connectivity index (χ3n) is 2.61. The van der Waals surface area contributed by atoms with Gasteiger partial charge in [0.05, 0.1) is 12.2 Å². The lowest BCUT2D eigenvalue weighted by molar-refractivity contribution is -0.0443. The Kier molecular flexibility index (Phi) is 5.81. The van der Waals surface area contributed by atoms with E-state index >= 15 is 0 Å². The van der Waals surface area contributed by atoms with Gasteiger partial charge in [0.2, 0.25) is 0 Å². The van der Waals surface area contributed by atoms with Crippen molar-refractivity contribution in [2.75, 3.05) is 33.2 Å². The first-order chi connectivity index (χ1) is 7.95. The summed E-state index contributed by atoms with van der Waals surface area (Å²) in [6.07, 6.45) is 0.686. The molecular formula is C10H23N3O3S. The van der Waals surface area contributed by atoms with Gasteiger partial charge in [-0.15, -0.1) is 0 Å². The van der Waals surface area contributed by atoms with E-state index in [1.165, 1.54) is 4.31 Å². The summed E-state index contributed by atoms with van der Waals surface area (Å²) in [5.41, 5.74) is 0. The van der Waals surface area contributed by atoms with Crippen molar-refractivity contribution in [3.63, 3.8) is 0 Å². The Balaban J connectivity index is 2.45. The molecule has 0 aromatic rings. The zero-order valence-corrected chi connectivity index (χ0v) is 11.6. The van der Waals surface area contributed by atoms with Crippen LogP contribution in [0.25, 0.3) is 0 Å². The van der Waals surface area contributed by atoms with E-state index in [0.29, 0.717) is 19.6 Å². The molecule has 1 heterocycles. The molecule has 0 saturated carbocycles. The number of rotatable bonds is 6. The summed E-state index contributed by atoms with van der Waals surface area (Å²) in [5.74, 6) is 0. The lowest BCUT2D eigenvalue weighted by Crippen LogP contribution is -2.52. The summed E-state index contributed by atoms with van der Waals surface area (Å²) < 4.78 is 33.5. The molecule has 0 spiro atoms. The second kappa shape index (κ2) is 6.65. The van der Waals surface area contributed by atoms with Crippen molar-refractivity contribution in [2.24, 2.45) is 0 Å². The van der Waals surface area contributed by atoms with Gasteiger partial charge >= 0.3 is 0 Å². The number of ether oxygens (including phenoxy) is 1. The average Bonchev–Trinajstić information content (AvgIpc) is 2.23. The number of nitrogens with one attached hydrogen (secondary N) is 2. The highest BCUT2D eigenvalue weighted by Gasteiger charge is 2.30. The Hall–Kier alpha value is -0.210. The third-order valence-corrected chi connectivity index (χ3v) is 4.16. The molecule has 2 N–H and O–H groups in total. The molecule has 1 aliphatic heterocycles. The molecule has 0 radical (unpaired) electrons. The molecule has 0 aromatic carbocycles. The molecule has 0 aliphatic carbocycles. The molecule has 6 nitrogen and oxygen atoms in total. The Morgan fingerprint density at radius 1 is 1.24 bits per heavy atom. The lowest BCUT2D eigenvalue weighted by atomic mass is 10.3. The van der Waals surface area contributed by atoms with E-state index in [0.717, 1.165) is 13.0 Å². The molecule has 17 heavy (non-hydrogen) atoms. The fourth-order valence-corrected chi connectivity index (χ4v) is 3.28. The molecule has 0 aromatic heterocycles. The predicted octanol–water partition coefficient (Wildman–Crippen LogP) is -0.460. The van der Waals surface area contributed by atoms with Crippen molar-refractivity contribution in [3.8, 4) is 0 Å². The Labute approximate surface area is 104 Å². The summed E-state index contributed by atoms with van der Waals surface area (Å²) >= 11 is 0. The maximum Gasteiger partial charge on any atom is 0.279 e. The molecular weight excluding hydrogens is 242 g/mol. The fraction of sp³-hybridized carbons (Fsp3) is 1.00. The van der Waals surface area contributed by atoms with Crippen molar-refractivity contribution in [1.29, 1.82) is 0 Å². The molecule has 1 aliphatic rings. The van der Waals surface area contributed by atoms with E-state index in [9.17, 15) is 8.42 Å². The Morgan fingerprint density at radius 2 is 1.82 bits per heavy atom. The van der Waals surface area contributed by atoms with Gasteiger partial charge in [-0.05, 0) is 33.9 Å². The van der Waals surface area contributed by atoms with E-state index < -0.39 is 10.2 Å². The van der Waals surface area contributed by atoms with Gasteiger partial charge in [-0.2, -0.15) is 12.7 Å². The largest absolute Gasteiger partial charge is 0.373 e. The highest BCUT2D eigenvalue weighted by atomic mass is 32.2. The van der Waals surface area contributed by atoms with Gasteiger partial charge in [0, 0.05) is 19.6 Å². The highest BCUT2D eigenvalue weighted by Crippen LogP contribution is 2.13. The number of morpholine rings is 1. The minimum Gasteiger partial charge on any atom is -0.373 e. The molecule has 102 valence electrons. The van der Waals surface area contributed by atoms with Crippen LogP contribution in [-0.4, -0.2) is 58.2 Å². The maximum absolute atomic E-state index is 12.0. The van der Waals surface area contributed by atoms with Crippen LogP contribution in [0.4, 0.5) is 0 Å². The normalized spacial score (nSPS) is 27.2. The lowest BCUT2D eigenvalue weighted by Gasteiger charge is -2.34. The van der Waals surface area contributed by atoms with E-state index in [1.54, 1.807) is 0 Å². The van der Waals surface area contributed by atoms with Crippen LogP contribution in [0.1, 0.15) is 20.3 Å². The molecule has 2 unspecified atom stereocenters. The van der Waals surface area contributed by atoms with Crippen molar-refractivity contribution in [1.82, 2.24) is 14.3 Å². The topological polar surface area (TPSA) is 70.7 Å². The second-order valence-electron chi connectivity index (χ2n) is 4.43. The third kappa shape index (κ3) is 4.89. The SMILES string of the molecule is CNCCCNS(=O)(=O)N1CC(C)OC(C)C1. The van der Waals surface area contributed by atoms with E-state index in [2.05, 4.69) is 10.0 Å². The fourth-order valence-electron chi connectivity index (χ4n) is 1.88. The first-order valence-electron chi connectivity index (χ1n) is 6.00. The van der Waals surface area contributed by atoms with Crippen LogP contribution in [0.5, 0.6) is 0 Å². The van der Waals surface area contributed by atoms with Gasteiger partial charge < -0.3 is 10.1 Å². The van der Waals surface area contributed by atoms with Crippen LogP contribution in [0.2, 0.25) is 0 Å². The van der Waals surface area contributed by atoms with Crippen LogP contribution in [0.15, 0.2) is 0 Å². The summed E-state index contributed by atoms with van der Waals surface area (Å²) in [6.45, 7) is 5.89. The van der Waals surface area contributed by atoms with Gasteiger partial charge in [-0.25, -0.2) is 4.72 Å². The number of hydrogen-bond acceptors (Lipinski definition) is 4. The average molecular weight is 265 g/mol. The molecule has 2 atom stereocenters. The maximum atomic E-state index is 12.0. The van der Waals surface area contributed by atoms with Crippen molar-refractivity contribution < 1.29 is 13.2 Å². The smallest absolute Gasteiger partial charge is 0.279 e. The Bertz CT molecular complexity index is 311. The van der Waals surface area contributed by atoms with Gasteiger partial charge in [0.1, 0.15) is 0 Å². The van der Waals surface area contributed by atoms with Gasteiger partial charge in [0.15, 0.2) is 0 Å². The van der Waals surface area contributed by atoms with Crippen LogP contribution in [0, 0.1) is 0 Å². The van der Waals surface area contributed by atoms with Crippen molar-refractivity contribution in [3.05, 3.63) is 0 Å². The predicted molar refractivity (Wildman–Crippen MR) is 67.0 cm³/mol. The van der Waals surface area contributed by atoms with E-state index in [-0.39, 0.29) is 12.2 Å². The monoisotopic (exact) mass is 265 g/mol. The van der Waals surface area contributed by atoms with E-state index in [4.69, 9.17) is 4.74 Å². The minimum atomic E-state index is -3.35. The standard InChI is InChI=1S/C10H23N3O3S/c1-9-7-13(8-10(2)16-9)17(14,15)12-6-4-5-11-3/h9-12H,4-8H2,1-3H3. The molecule has 1 saturated heterocycles. The summed E-state index contributed by atoms with van der Waals surface area (Å²) in [4.78, 5) is 0. The van der Waals surface area contributed by atoms with E-state index in [1.807, 2.05) is 20.9 Å². The van der Waals surface area contributed by atoms with Gasteiger partial charge in [-0.1, -0.05) is 0 Å². The molecule has 0 amide bonds. The van der Waals surface area contributed by atoms with Gasteiger partial charge in [0.25, 0.3) is 10.2 Å². The first kappa shape index (κ1) is 14.8. The minimum absolute atomic E-state index is 0.0485. The summed E-state index contributed by atoms with van der Waals surface area (Å²) in [6, 6.07) is 0.